The summed E-state index contributed by atoms with van der Waals surface area (Å²) in [4.78, 5) is 12.5. The maximum atomic E-state index is 13.2. The summed E-state index contributed by atoms with van der Waals surface area (Å²) in [5.41, 5.74) is 3.73. The lowest BCUT2D eigenvalue weighted by atomic mass is 10.2. The van der Waals surface area contributed by atoms with Crippen molar-refractivity contribution in [2.45, 2.75) is 11.4 Å². The molecule has 7 nitrogen and oxygen atoms in total. The molecule has 31 heavy (non-hydrogen) atoms. The van der Waals surface area contributed by atoms with E-state index in [1.807, 2.05) is 6.07 Å². The number of halogens is 1. The standard InChI is InChI=1S/C22H20ClN3O4S/c23-19-8-12-21(13-9-19)31(29,30)26(15-18-4-2-1-3-5-18)16-22(28)25-24-14-17-6-10-20(27)11-7-17/h1-14,27H,15-16H2,(H,25,28). The summed E-state index contributed by atoms with van der Waals surface area (Å²) in [6, 6.07) is 21.0. The molecule has 0 aliphatic rings. The molecule has 0 fully saturated rings. The molecule has 0 heterocycles. The fraction of sp³-hybridized carbons (Fsp3) is 0.0909. The molecule has 0 aliphatic heterocycles. The lowest BCUT2D eigenvalue weighted by Gasteiger charge is -2.21. The zero-order valence-corrected chi connectivity index (χ0v) is 17.9. The molecule has 3 rings (SSSR count). The Hall–Kier alpha value is -3.20. The Morgan fingerprint density at radius 1 is 1.00 bits per heavy atom. The number of phenols is 1. The van der Waals surface area contributed by atoms with Crippen LogP contribution < -0.4 is 5.43 Å². The van der Waals surface area contributed by atoms with Crippen molar-refractivity contribution in [3.05, 3.63) is 95.0 Å². The first kappa shape index (κ1) is 22.5. The van der Waals surface area contributed by atoms with Crippen LogP contribution in [0.25, 0.3) is 0 Å². The number of nitrogens with zero attached hydrogens (tertiary/aromatic N) is 2. The van der Waals surface area contributed by atoms with Gasteiger partial charge < -0.3 is 5.11 Å². The highest BCUT2D eigenvalue weighted by Gasteiger charge is 2.26. The van der Waals surface area contributed by atoms with E-state index in [1.165, 1.54) is 42.6 Å². The second-order valence-corrected chi connectivity index (χ2v) is 8.97. The maximum Gasteiger partial charge on any atom is 0.255 e. The third kappa shape index (κ3) is 6.39. The summed E-state index contributed by atoms with van der Waals surface area (Å²) in [5, 5.41) is 13.6. The second kappa shape index (κ2) is 10.2. The molecule has 2 N–H and O–H groups in total. The minimum Gasteiger partial charge on any atom is -0.508 e. The van der Waals surface area contributed by atoms with Crippen molar-refractivity contribution in [1.29, 1.82) is 0 Å². The minimum atomic E-state index is -3.96. The molecule has 0 aromatic heterocycles. The van der Waals surface area contributed by atoms with Crippen LogP contribution in [0.5, 0.6) is 5.75 Å². The lowest BCUT2D eigenvalue weighted by molar-refractivity contribution is -0.121. The molecule has 9 heteroatoms. The number of carbonyl (C=O) groups excluding carboxylic acids is 1. The molecule has 0 saturated carbocycles. The molecule has 3 aromatic carbocycles. The zero-order valence-electron chi connectivity index (χ0n) is 16.3. The van der Waals surface area contributed by atoms with Gasteiger partial charge in [0.05, 0.1) is 17.7 Å². The van der Waals surface area contributed by atoms with Crippen molar-refractivity contribution in [3.63, 3.8) is 0 Å². The van der Waals surface area contributed by atoms with E-state index < -0.39 is 22.5 Å². The Labute approximate surface area is 185 Å². The molecule has 1 amide bonds. The fourth-order valence-electron chi connectivity index (χ4n) is 2.70. The van der Waals surface area contributed by atoms with Gasteiger partial charge in [-0.2, -0.15) is 9.41 Å². The van der Waals surface area contributed by atoms with Crippen molar-refractivity contribution >= 4 is 33.7 Å². The Balaban J connectivity index is 1.76. The summed E-state index contributed by atoms with van der Waals surface area (Å²) >= 11 is 5.87. The number of phenolic OH excluding ortho intramolecular Hbond substituents is 1. The number of nitrogens with one attached hydrogen (secondary N) is 1. The van der Waals surface area contributed by atoms with Crippen LogP contribution in [0.15, 0.2) is 88.9 Å². The van der Waals surface area contributed by atoms with Gasteiger partial charge in [-0.1, -0.05) is 41.9 Å². The summed E-state index contributed by atoms with van der Waals surface area (Å²) in [7, 11) is -3.96. The normalized spacial score (nSPS) is 11.7. The molecule has 0 bridgehead atoms. The smallest absolute Gasteiger partial charge is 0.255 e. The van der Waals surface area contributed by atoms with Crippen LogP contribution in [-0.4, -0.2) is 36.5 Å². The van der Waals surface area contributed by atoms with Crippen LogP contribution in [-0.2, 0) is 21.4 Å². The van der Waals surface area contributed by atoms with Crippen molar-refractivity contribution in [3.8, 4) is 5.75 Å². The molecule has 0 atom stereocenters. The third-order valence-corrected chi connectivity index (χ3v) is 6.33. The van der Waals surface area contributed by atoms with E-state index in [-0.39, 0.29) is 17.2 Å². The van der Waals surface area contributed by atoms with Gasteiger partial charge in [0.25, 0.3) is 5.91 Å². The number of hydrogen-bond acceptors (Lipinski definition) is 5. The van der Waals surface area contributed by atoms with Crippen LogP contribution in [0.4, 0.5) is 0 Å². The van der Waals surface area contributed by atoms with Gasteiger partial charge in [0.1, 0.15) is 5.75 Å². The quantitative estimate of drug-likeness (QED) is 0.400. The first-order valence-electron chi connectivity index (χ1n) is 9.25. The van der Waals surface area contributed by atoms with E-state index >= 15 is 0 Å². The summed E-state index contributed by atoms with van der Waals surface area (Å²) in [5.74, 6) is -0.478. The summed E-state index contributed by atoms with van der Waals surface area (Å²) in [6.45, 7) is -0.409. The number of sulfonamides is 1. The van der Waals surface area contributed by atoms with Crippen LogP contribution in [0.2, 0.25) is 5.02 Å². The second-order valence-electron chi connectivity index (χ2n) is 6.60. The number of benzene rings is 3. The summed E-state index contributed by atoms with van der Waals surface area (Å²) in [6.07, 6.45) is 1.40. The zero-order chi connectivity index (χ0) is 22.3. The van der Waals surface area contributed by atoms with E-state index in [2.05, 4.69) is 10.5 Å². The number of aromatic hydroxyl groups is 1. The highest BCUT2D eigenvalue weighted by Crippen LogP contribution is 2.20. The van der Waals surface area contributed by atoms with E-state index in [4.69, 9.17) is 11.6 Å². The SMILES string of the molecule is O=C(CN(Cc1ccccc1)S(=O)(=O)c1ccc(Cl)cc1)NN=Cc1ccc(O)cc1. The van der Waals surface area contributed by atoms with Gasteiger partial charge in [0.15, 0.2) is 0 Å². The topological polar surface area (TPSA) is 99.1 Å². The predicted octanol–water partition coefficient (Wildman–Crippen LogP) is 3.39. The van der Waals surface area contributed by atoms with E-state index in [1.54, 1.807) is 36.4 Å². The van der Waals surface area contributed by atoms with Crippen molar-refractivity contribution in [2.24, 2.45) is 5.10 Å². The molecular formula is C22H20ClN3O4S. The van der Waals surface area contributed by atoms with E-state index in [0.29, 0.717) is 10.6 Å². The highest BCUT2D eigenvalue weighted by atomic mass is 35.5. The molecule has 0 spiro atoms. The van der Waals surface area contributed by atoms with Crippen LogP contribution in [0.1, 0.15) is 11.1 Å². The molecule has 0 aliphatic carbocycles. The van der Waals surface area contributed by atoms with Gasteiger partial charge in [-0.15, -0.1) is 0 Å². The average Bonchev–Trinajstić information content (AvgIpc) is 2.76. The van der Waals surface area contributed by atoms with Gasteiger partial charge in [0, 0.05) is 11.6 Å². The largest absolute Gasteiger partial charge is 0.508 e. The lowest BCUT2D eigenvalue weighted by Crippen LogP contribution is -2.39. The van der Waals surface area contributed by atoms with Crippen molar-refractivity contribution in [2.75, 3.05) is 6.54 Å². The van der Waals surface area contributed by atoms with Crippen LogP contribution in [0.3, 0.4) is 0 Å². The van der Waals surface area contributed by atoms with Crippen LogP contribution in [0, 0.1) is 0 Å². The number of amides is 1. The van der Waals surface area contributed by atoms with Crippen molar-refractivity contribution < 1.29 is 18.3 Å². The Morgan fingerprint density at radius 2 is 1.65 bits per heavy atom. The van der Waals surface area contributed by atoms with Gasteiger partial charge in [0.2, 0.25) is 10.0 Å². The van der Waals surface area contributed by atoms with Gasteiger partial charge in [-0.05, 0) is 59.7 Å². The molecule has 3 aromatic rings. The third-order valence-electron chi connectivity index (χ3n) is 4.27. The van der Waals surface area contributed by atoms with E-state index in [9.17, 15) is 18.3 Å². The summed E-state index contributed by atoms with van der Waals surface area (Å²) < 4.78 is 27.4. The fourth-order valence-corrected chi connectivity index (χ4v) is 4.21. The Bertz CT molecular complexity index is 1150. The van der Waals surface area contributed by atoms with Crippen LogP contribution >= 0.6 is 11.6 Å². The van der Waals surface area contributed by atoms with Gasteiger partial charge >= 0.3 is 0 Å². The number of hydrazone groups is 1. The highest BCUT2D eigenvalue weighted by molar-refractivity contribution is 7.89. The van der Waals surface area contributed by atoms with Crippen molar-refractivity contribution in [1.82, 2.24) is 9.73 Å². The van der Waals surface area contributed by atoms with Gasteiger partial charge in [-0.25, -0.2) is 13.8 Å². The number of rotatable bonds is 8. The number of hydrogen-bond donors (Lipinski definition) is 2. The molecule has 0 radical (unpaired) electrons. The Morgan fingerprint density at radius 3 is 2.29 bits per heavy atom. The Kier molecular flexibility index (Phi) is 7.41. The molecular weight excluding hydrogens is 438 g/mol. The monoisotopic (exact) mass is 457 g/mol. The first-order valence-corrected chi connectivity index (χ1v) is 11.1. The average molecular weight is 458 g/mol. The predicted molar refractivity (Wildman–Crippen MR) is 119 cm³/mol. The molecule has 160 valence electrons. The molecule has 0 saturated heterocycles. The maximum absolute atomic E-state index is 13.2. The molecule has 0 unspecified atom stereocenters. The van der Waals surface area contributed by atoms with Gasteiger partial charge in [-0.3, -0.25) is 4.79 Å². The minimum absolute atomic E-state index is 0.0148. The van der Waals surface area contributed by atoms with E-state index in [0.717, 1.165) is 9.87 Å². The number of carbonyl (C=O) groups is 1. The first-order chi connectivity index (χ1) is 14.8.